The van der Waals surface area contributed by atoms with Crippen LogP contribution in [0.4, 0.5) is 0 Å². The number of carbonyl (C=O) groups is 3. The first-order chi connectivity index (χ1) is 14.4. The molecule has 0 saturated carbocycles. The van der Waals surface area contributed by atoms with Gasteiger partial charge in [-0.2, -0.15) is 0 Å². The van der Waals surface area contributed by atoms with Gasteiger partial charge < -0.3 is 23.7 Å². The van der Waals surface area contributed by atoms with E-state index in [1.54, 1.807) is 32.9 Å². The summed E-state index contributed by atoms with van der Waals surface area (Å²) in [5.41, 5.74) is 0.952. The average Bonchev–Trinajstić information content (AvgIpc) is 2.71. The van der Waals surface area contributed by atoms with Crippen molar-refractivity contribution in [3.05, 3.63) is 29.3 Å². The lowest BCUT2D eigenvalue weighted by atomic mass is 9.68. The van der Waals surface area contributed by atoms with Gasteiger partial charge in [0.05, 0.1) is 40.5 Å². The number of carbonyl (C=O) groups excluding carboxylic acids is 3. The fraction of sp³-hybridized carbons (Fsp3) is 0.500. The summed E-state index contributed by atoms with van der Waals surface area (Å²) >= 11 is 0. The van der Waals surface area contributed by atoms with E-state index in [1.165, 1.54) is 27.4 Å². The smallest absolute Gasteiger partial charge is 0.317 e. The third-order valence-electron chi connectivity index (χ3n) is 5.06. The van der Waals surface area contributed by atoms with Crippen LogP contribution in [0.5, 0.6) is 17.2 Å². The van der Waals surface area contributed by atoms with E-state index < -0.39 is 35.5 Å². The largest absolute Gasteiger partial charge is 0.493 e. The summed E-state index contributed by atoms with van der Waals surface area (Å²) in [7, 11) is 4.37. The number of allylic oxidation sites excluding steroid dienone is 1. The zero-order chi connectivity index (χ0) is 22.4. The molecule has 8 heteroatoms. The Morgan fingerprint density at radius 1 is 0.867 bits per heavy atom. The molecule has 0 aromatic heterocycles. The lowest BCUT2D eigenvalue weighted by molar-refractivity contribution is -0.155. The van der Waals surface area contributed by atoms with Crippen LogP contribution in [0.2, 0.25) is 0 Å². The number of methoxy groups -OCH3 is 3. The predicted octanol–water partition coefficient (Wildman–Crippen LogP) is 2.68. The second-order valence-electron chi connectivity index (χ2n) is 6.70. The molecule has 1 aromatic rings. The highest BCUT2D eigenvalue weighted by Crippen LogP contribution is 2.50. The van der Waals surface area contributed by atoms with Crippen LogP contribution in [0.25, 0.3) is 0 Å². The predicted molar refractivity (Wildman–Crippen MR) is 108 cm³/mol. The fourth-order valence-corrected chi connectivity index (χ4v) is 3.86. The van der Waals surface area contributed by atoms with E-state index in [0.717, 1.165) is 0 Å². The summed E-state index contributed by atoms with van der Waals surface area (Å²) < 4.78 is 26.8. The van der Waals surface area contributed by atoms with Crippen molar-refractivity contribution in [3.8, 4) is 17.2 Å². The van der Waals surface area contributed by atoms with Gasteiger partial charge in [-0.3, -0.25) is 14.4 Å². The first-order valence-corrected chi connectivity index (χ1v) is 9.70. The van der Waals surface area contributed by atoms with Gasteiger partial charge in [0, 0.05) is 11.5 Å². The minimum absolute atomic E-state index is 0.102. The number of hydrogen-bond donors (Lipinski definition) is 0. The highest BCUT2D eigenvalue weighted by molar-refractivity contribution is 6.08. The second kappa shape index (κ2) is 10.1. The van der Waals surface area contributed by atoms with Crippen LogP contribution in [0.3, 0.4) is 0 Å². The zero-order valence-electron chi connectivity index (χ0n) is 18.1. The van der Waals surface area contributed by atoms with Gasteiger partial charge in [0.1, 0.15) is 5.92 Å². The average molecular weight is 420 g/mol. The monoisotopic (exact) mass is 420 g/mol. The Labute approximate surface area is 176 Å². The molecule has 0 N–H and O–H groups in total. The summed E-state index contributed by atoms with van der Waals surface area (Å²) in [6.45, 7) is 5.28. The molecule has 30 heavy (non-hydrogen) atoms. The second-order valence-corrected chi connectivity index (χ2v) is 6.70. The summed E-state index contributed by atoms with van der Waals surface area (Å²) in [4.78, 5) is 38.5. The van der Waals surface area contributed by atoms with Crippen LogP contribution >= 0.6 is 0 Å². The molecular formula is C22H28O8. The van der Waals surface area contributed by atoms with E-state index in [2.05, 4.69) is 0 Å². The Kier molecular flexibility index (Phi) is 7.86. The van der Waals surface area contributed by atoms with Crippen LogP contribution in [0.1, 0.15) is 32.3 Å². The Morgan fingerprint density at radius 3 is 1.93 bits per heavy atom. The molecule has 0 amide bonds. The number of ether oxygens (including phenoxy) is 5. The highest BCUT2D eigenvalue weighted by atomic mass is 16.5. The van der Waals surface area contributed by atoms with Crippen molar-refractivity contribution in [2.24, 2.45) is 11.8 Å². The zero-order valence-corrected chi connectivity index (χ0v) is 18.1. The number of rotatable bonds is 8. The molecule has 3 atom stereocenters. The van der Waals surface area contributed by atoms with Crippen molar-refractivity contribution < 1.29 is 38.1 Å². The summed E-state index contributed by atoms with van der Waals surface area (Å²) in [6, 6.07) is 3.30. The van der Waals surface area contributed by atoms with Gasteiger partial charge in [0.2, 0.25) is 5.75 Å². The Bertz CT molecular complexity index is 842. The maximum Gasteiger partial charge on any atom is 0.317 e. The number of benzene rings is 1. The molecule has 0 bridgehead atoms. The van der Waals surface area contributed by atoms with E-state index in [9.17, 15) is 14.4 Å². The van der Waals surface area contributed by atoms with Crippen molar-refractivity contribution >= 4 is 17.7 Å². The summed E-state index contributed by atoms with van der Waals surface area (Å²) in [5, 5.41) is 0. The normalized spacial score (nSPS) is 20.8. The van der Waals surface area contributed by atoms with Crippen LogP contribution in [0, 0.1) is 11.8 Å². The Hall–Kier alpha value is -3.03. The molecule has 1 aromatic carbocycles. The van der Waals surface area contributed by atoms with Crippen molar-refractivity contribution in [1.29, 1.82) is 0 Å². The molecule has 2 rings (SSSR count). The maximum atomic E-state index is 12.9. The van der Waals surface area contributed by atoms with Gasteiger partial charge in [-0.05, 0) is 32.9 Å². The molecule has 0 fully saturated rings. The minimum Gasteiger partial charge on any atom is -0.493 e. The SMILES string of the molecule is CCOC(=O)C1C(=O)C=C(C)C(C(=O)OCC)C1c1ccc(OC)c(OC)c1OC. The van der Waals surface area contributed by atoms with Crippen LogP contribution in [0.15, 0.2) is 23.8 Å². The lowest BCUT2D eigenvalue weighted by Crippen LogP contribution is -2.42. The minimum atomic E-state index is -1.23. The molecule has 1 aliphatic rings. The number of hydrogen-bond acceptors (Lipinski definition) is 8. The van der Waals surface area contributed by atoms with E-state index >= 15 is 0 Å². The van der Waals surface area contributed by atoms with Gasteiger partial charge in [-0.15, -0.1) is 0 Å². The Morgan fingerprint density at radius 2 is 1.43 bits per heavy atom. The Balaban J connectivity index is 2.78. The highest BCUT2D eigenvalue weighted by Gasteiger charge is 2.49. The first kappa shape index (κ1) is 23.3. The van der Waals surface area contributed by atoms with Crippen LogP contribution < -0.4 is 14.2 Å². The fourth-order valence-electron chi connectivity index (χ4n) is 3.86. The molecule has 0 aliphatic heterocycles. The van der Waals surface area contributed by atoms with E-state index in [0.29, 0.717) is 22.6 Å². The third kappa shape index (κ3) is 4.27. The molecule has 1 aliphatic carbocycles. The van der Waals surface area contributed by atoms with Gasteiger partial charge in [0.15, 0.2) is 17.3 Å². The molecule has 0 saturated heterocycles. The first-order valence-electron chi connectivity index (χ1n) is 9.70. The van der Waals surface area contributed by atoms with Crippen LogP contribution in [-0.4, -0.2) is 52.3 Å². The molecule has 3 unspecified atom stereocenters. The van der Waals surface area contributed by atoms with E-state index in [-0.39, 0.29) is 19.0 Å². The van der Waals surface area contributed by atoms with Crippen molar-refractivity contribution in [1.82, 2.24) is 0 Å². The van der Waals surface area contributed by atoms with E-state index in [4.69, 9.17) is 23.7 Å². The standard InChI is InChI=1S/C22H28O8/c1-7-29-21(24)16-12(3)11-14(23)18(22(25)30-8-2)17(16)13-9-10-15(26-4)20(28-6)19(13)27-5/h9-11,16-18H,7-8H2,1-6H3. The van der Waals surface area contributed by atoms with Crippen LogP contribution in [-0.2, 0) is 23.9 Å². The molecule has 0 radical (unpaired) electrons. The van der Waals surface area contributed by atoms with Gasteiger partial charge in [0.25, 0.3) is 0 Å². The number of ketones is 1. The lowest BCUT2D eigenvalue weighted by Gasteiger charge is -2.35. The topological polar surface area (TPSA) is 97.4 Å². The molecule has 0 heterocycles. The van der Waals surface area contributed by atoms with Gasteiger partial charge in [-0.25, -0.2) is 0 Å². The molecule has 0 spiro atoms. The van der Waals surface area contributed by atoms with Crippen molar-refractivity contribution in [2.75, 3.05) is 34.5 Å². The molecule has 164 valence electrons. The number of esters is 2. The maximum absolute atomic E-state index is 12.9. The molecular weight excluding hydrogens is 392 g/mol. The van der Waals surface area contributed by atoms with Gasteiger partial charge in [-0.1, -0.05) is 11.6 Å². The van der Waals surface area contributed by atoms with E-state index in [1.807, 2.05) is 0 Å². The quantitative estimate of drug-likeness (QED) is 0.468. The summed E-state index contributed by atoms with van der Waals surface area (Å²) in [5.74, 6) is -3.69. The van der Waals surface area contributed by atoms with Gasteiger partial charge >= 0.3 is 11.9 Å². The molecule has 8 nitrogen and oxygen atoms in total. The van der Waals surface area contributed by atoms with Crippen molar-refractivity contribution in [3.63, 3.8) is 0 Å². The summed E-state index contributed by atoms with van der Waals surface area (Å²) in [6.07, 6.45) is 1.31. The van der Waals surface area contributed by atoms with Crippen molar-refractivity contribution in [2.45, 2.75) is 26.7 Å². The third-order valence-corrected chi connectivity index (χ3v) is 5.06.